The molecule has 0 atom stereocenters. The number of anilines is 2. The number of carbonyl (C=O) groups is 1. The van der Waals surface area contributed by atoms with Gasteiger partial charge in [0, 0.05) is 34.2 Å². The summed E-state index contributed by atoms with van der Waals surface area (Å²) in [6, 6.07) is 10.4. The molecule has 2 aromatic carbocycles. The van der Waals surface area contributed by atoms with Crippen molar-refractivity contribution in [1.82, 2.24) is 0 Å². The van der Waals surface area contributed by atoms with Gasteiger partial charge in [0.2, 0.25) is 0 Å². The molecule has 0 saturated carbocycles. The Labute approximate surface area is 142 Å². The number of nitrogens with one attached hydrogen (secondary N) is 1. The van der Waals surface area contributed by atoms with Crippen LogP contribution < -0.4 is 10.2 Å². The second-order valence-corrected chi connectivity index (χ2v) is 6.46. The Morgan fingerprint density at radius 3 is 2.43 bits per heavy atom. The normalized spacial score (nSPS) is 10.3. The monoisotopic (exact) mass is 386 g/mol. The highest BCUT2D eigenvalue weighted by Gasteiger charge is 2.12. The summed E-state index contributed by atoms with van der Waals surface area (Å²) in [5.74, 6) is -0.247. The van der Waals surface area contributed by atoms with Crippen molar-refractivity contribution in [3.05, 3.63) is 56.5 Å². The number of carbonyl (C=O) groups excluding carboxylic acids is 1. The molecule has 1 amide bonds. The number of benzene rings is 2. The van der Waals surface area contributed by atoms with Crippen LogP contribution in [0.15, 0.2) is 40.9 Å². The van der Waals surface area contributed by atoms with Crippen molar-refractivity contribution in [1.29, 1.82) is 0 Å². The van der Waals surface area contributed by atoms with E-state index >= 15 is 0 Å². The fourth-order valence-corrected chi connectivity index (χ4v) is 2.91. The first kappa shape index (κ1) is 16.1. The lowest BCUT2D eigenvalue weighted by Crippen LogP contribution is -2.16. The minimum atomic E-state index is -0.247. The minimum absolute atomic E-state index is 0.247. The number of nitrogens with zero attached hydrogens (tertiary/aromatic N) is 1. The van der Waals surface area contributed by atoms with Gasteiger partial charge in [0.15, 0.2) is 0 Å². The molecule has 0 fully saturated rings. The lowest BCUT2D eigenvalue weighted by molar-refractivity contribution is 0.102. The van der Waals surface area contributed by atoms with E-state index in [4.69, 9.17) is 23.2 Å². The van der Waals surface area contributed by atoms with Gasteiger partial charge in [0.25, 0.3) is 5.91 Å². The van der Waals surface area contributed by atoms with E-state index < -0.39 is 0 Å². The molecule has 0 aliphatic heterocycles. The average molecular weight is 388 g/mol. The minimum Gasteiger partial charge on any atom is -0.376 e. The van der Waals surface area contributed by atoms with Crippen LogP contribution >= 0.6 is 39.1 Å². The van der Waals surface area contributed by atoms with Crippen molar-refractivity contribution in [3.63, 3.8) is 0 Å². The summed E-state index contributed by atoms with van der Waals surface area (Å²) in [4.78, 5) is 14.3. The maximum atomic E-state index is 12.4. The Hall–Kier alpha value is -1.23. The molecule has 0 bridgehead atoms. The lowest BCUT2D eigenvalue weighted by Gasteiger charge is -2.18. The van der Waals surface area contributed by atoms with E-state index in [1.807, 2.05) is 25.1 Å². The average Bonchev–Trinajstić information content (AvgIpc) is 2.37. The van der Waals surface area contributed by atoms with E-state index in [1.54, 1.807) is 30.3 Å². The predicted molar refractivity (Wildman–Crippen MR) is 92.9 cm³/mol. The van der Waals surface area contributed by atoms with E-state index in [1.165, 1.54) is 0 Å². The fraction of sp³-hybridized carbons (Fsp3) is 0.133. The first-order valence-electron chi connectivity index (χ1n) is 6.11. The molecule has 1 N–H and O–H groups in total. The summed E-state index contributed by atoms with van der Waals surface area (Å²) in [6.45, 7) is 0. The van der Waals surface area contributed by atoms with Gasteiger partial charge in [0.05, 0.1) is 11.4 Å². The van der Waals surface area contributed by atoms with Gasteiger partial charge < -0.3 is 10.2 Å². The van der Waals surface area contributed by atoms with Crippen LogP contribution in [0.1, 0.15) is 10.4 Å². The van der Waals surface area contributed by atoms with Crippen molar-refractivity contribution < 1.29 is 4.79 Å². The topological polar surface area (TPSA) is 32.3 Å². The highest BCUT2D eigenvalue weighted by atomic mass is 79.9. The summed E-state index contributed by atoms with van der Waals surface area (Å²) in [7, 11) is 3.80. The zero-order valence-corrected chi connectivity index (χ0v) is 14.6. The van der Waals surface area contributed by atoms with Crippen LogP contribution in [0, 0.1) is 0 Å². The largest absolute Gasteiger partial charge is 0.376 e. The molecule has 2 rings (SSSR count). The van der Waals surface area contributed by atoms with E-state index in [-0.39, 0.29) is 5.91 Å². The van der Waals surface area contributed by atoms with E-state index in [2.05, 4.69) is 21.2 Å². The van der Waals surface area contributed by atoms with Gasteiger partial charge in [-0.3, -0.25) is 4.79 Å². The molecule has 0 saturated heterocycles. The highest BCUT2D eigenvalue weighted by molar-refractivity contribution is 9.10. The molecule has 110 valence electrons. The maximum Gasteiger partial charge on any atom is 0.255 e. The van der Waals surface area contributed by atoms with Crippen LogP contribution in [0.2, 0.25) is 10.0 Å². The molecule has 6 heteroatoms. The first-order chi connectivity index (χ1) is 9.86. The van der Waals surface area contributed by atoms with Gasteiger partial charge in [-0.05, 0) is 36.4 Å². The van der Waals surface area contributed by atoms with Gasteiger partial charge in [-0.2, -0.15) is 0 Å². The van der Waals surface area contributed by atoms with Gasteiger partial charge in [-0.15, -0.1) is 0 Å². The van der Waals surface area contributed by atoms with Crippen molar-refractivity contribution in [3.8, 4) is 0 Å². The molecule has 21 heavy (non-hydrogen) atoms. The van der Waals surface area contributed by atoms with Crippen LogP contribution in [-0.4, -0.2) is 20.0 Å². The number of hydrogen-bond acceptors (Lipinski definition) is 2. The van der Waals surface area contributed by atoms with Crippen LogP contribution in [0.25, 0.3) is 0 Å². The third kappa shape index (κ3) is 4.13. The third-order valence-corrected chi connectivity index (χ3v) is 3.72. The molecule has 0 aliphatic rings. The number of amides is 1. The summed E-state index contributed by atoms with van der Waals surface area (Å²) < 4.78 is 0.749. The predicted octanol–water partition coefficient (Wildman–Crippen LogP) is 5.07. The van der Waals surface area contributed by atoms with Gasteiger partial charge >= 0.3 is 0 Å². The summed E-state index contributed by atoms with van der Waals surface area (Å²) in [6.07, 6.45) is 0. The number of halogens is 3. The second kappa shape index (κ2) is 6.69. The lowest BCUT2D eigenvalue weighted by atomic mass is 10.2. The summed E-state index contributed by atoms with van der Waals surface area (Å²) in [5, 5.41) is 3.91. The molecule has 3 nitrogen and oxygen atoms in total. The van der Waals surface area contributed by atoms with Gasteiger partial charge in [0.1, 0.15) is 0 Å². The Bertz CT molecular complexity index is 669. The Morgan fingerprint density at radius 2 is 1.81 bits per heavy atom. The molecule has 0 aliphatic carbocycles. The Morgan fingerprint density at radius 1 is 1.10 bits per heavy atom. The zero-order valence-electron chi connectivity index (χ0n) is 11.5. The maximum absolute atomic E-state index is 12.4. The first-order valence-corrected chi connectivity index (χ1v) is 7.66. The Kier molecular flexibility index (Phi) is 5.14. The molecule has 2 aromatic rings. The smallest absolute Gasteiger partial charge is 0.255 e. The molecule has 0 unspecified atom stereocenters. The van der Waals surface area contributed by atoms with Crippen molar-refractivity contribution in [2.75, 3.05) is 24.3 Å². The van der Waals surface area contributed by atoms with E-state index in [0.29, 0.717) is 21.3 Å². The molecular weight excluding hydrogens is 375 g/mol. The standard InChI is InChI=1S/C15H13BrCl2N2O/c1-20(2)14-4-3-11(17)8-13(14)19-15(21)9-5-10(16)7-12(18)6-9/h3-8H,1-2H3,(H,19,21). The fourth-order valence-electron chi connectivity index (χ4n) is 1.88. The van der Waals surface area contributed by atoms with Crippen LogP contribution in [0.5, 0.6) is 0 Å². The molecule has 0 spiro atoms. The SMILES string of the molecule is CN(C)c1ccc(Cl)cc1NC(=O)c1cc(Cl)cc(Br)c1. The summed E-state index contributed by atoms with van der Waals surface area (Å²) in [5.41, 5.74) is 1.99. The van der Waals surface area contributed by atoms with Gasteiger partial charge in [-0.1, -0.05) is 39.1 Å². The third-order valence-electron chi connectivity index (χ3n) is 2.81. The molecule has 0 aromatic heterocycles. The van der Waals surface area contributed by atoms with Crippen LogP contribution in [-0.2, 0) is 0 Å². The van der Waals surface area contributed by atoms with Crippen LogP contribution in [0.3, 0.4) is 0 Å². The van der Waals surface area contributed by atoms with Crippen LogP contribution in [0.4, 0.5) is 11.4 Å². The highest BCUT2D eigenvalue weighted by Crippen LogP contribution is 2.29. The number of hydrogen-bond donors (Lipinski definition) is 1. The quantitative estimate of drug-likeness (QED) is 0.796. The molecule has 0 heterocycles. The molecule has 0 radical (unpaired) electrons. The number of rotatable bonds is 3. The van der Waals surface area contributed by atoms with Crippen molar-refractivity contribution in [2.45, 2.75) is 0 Å². The van der Waals surface area contributed by atoms with Gasteiger partial charge in [-0.25, -0.2) is 0 Å². The van der Waals surface area contributed by atoms with E-state index in [9.17, 15) is 4.79 Å². The Balaban J connectivity index is 2.33. The second-order valence-electron chi connectivity index (χ2n) is 4.67. The zero-order chi connectivity index (χ0) is 15.6. The van der Waals surface area contributed by atoms with Crippen molar-refractivity contribution >= 4 is 56.4 Å². The van der Waals surface area contributed by atoms with Crippen molar-refractivity contribution in [2.24, 2.45) is 0 Å². The molecular formula is C15H13BrCl2N2O. The van der Waals surface area contributed by atoms with E-state index in [0.717, 1.165) is 10.2 Å². The summed E-state index contributed by atoms with van der Waals surface area (Å²) >= 11 is 15.3.